The minimum absolute atomic E-state index is 0.509. The highest BCUT2D eigenvalue weighted by Gasteiger charge is 2.21. The van der Waals surface area contributed by atoms with E-state index in [1.807, 2.05) is 0 Å². The first-order valence-corrected chi connectivity index (χ1v) is 8.91. The lowest BCUT2D eigenvalue weighted by molar-refractivity contribution is 0.244. The molecule has 0 heterocycles. The molecule has 0 aliphatic rings. The van der Waals surface area contributed by atoms with Gasteiger partial charge in [0.2, 0.25) is 0 Å². The standard InChI is InChI=1S/C20H34N2/c1-4-12-20(3,13-5-2)14-11-19-9-6-8-18(16-19)10-7-15-22-17-21/h6,8-9,16-17H,4-5,7,10-15H2,1-3H3,(H2,21,22). The van der Waals surface area contributed by atoms with E-state index in [2.05, 4.69) is 50.0 Å². The summed E-state index contributed by atoms with van der Waals surface area (Å²) in [7, 11) is 0. The van der Waals surface area contributed by atoms with Crippen LogP contribution in [-0.4, -0.2) is 12.9 Å². The Bertz CT molecular complexity index is 431. The van der Waals surface area contributed by atoms with Crippen LogP contribution in [0.1, 0.15) is 70.4 Å². The lowest BCUT2D eigenvalue weighted by Crippen LogP contribution is -2.17. The molecule has 0 spiro atoms. The van der Waals surface area contributed by atoms with Crippen LogP contribution >= 0.6 is 0 Å². The zero-order valence-electron chi connectivity index (χ0n) is 14.8. The summed E-state index contributed by atoms with van der Waals surface area (Å²) < 4.78 is 0. The molecule has 1 rings (SSSR count). The molecule has 0 radical (unpaired) electrons. The summed E-state index contributed by atoms with van der Waals surface area (Å²) in [6.45, 7) is 7.90. The normalized spacial score (nSPS) is 12.1. The fraction of sp³-hybridized carbons (Fsp3) is 0.650. The highest BCUT2D eigenvalue weighted by molar-refractivity contribution is 5.50. The van der Waals surface area contributed by atoms with Crippen LogP contribution in [0, 0.1) is 5.41 Å². The van der Waals surface area contributed by atoms with Crippen molar-refractivity contribution >= 4 is 6.34 Å². The smallest absolute Gasteiger partial charge is 0.0797 e. The molecule has 124 valence electrons. The molecule has 0 unspecified atom stereocenters. The van der Waals surface area contributed by atoms with E-state index in [4.69, 9.17) is 5.73 Å². The van der Waals surface area contributed by atoms with Crippen molar-refractivity contribution in [3.63, 3.8) is 0 Å². The maximum atomic E-state index is 5.27. The largest absolute Gasteiger partial charge is 0.390 e. The fourth-order valence-corrected chi connectivity index (χ4v) is 3.42. The van der Waals surface area contributed by atoms with Gasteiger partial charge >= 0.3 is 0 Å². The minimum atomic E-state index is 0.509. The summed E-state index contributed by atoms with van der Waals surface area (Å²) in [5.41, 5.74) is 8.69. The predicted molar refractivity (Wildman–Crippen MR) is 98.6 cm³/mol. The average Bonchev–Trinajstić information content (AvgIpc) is 2.51. The van der Waals surface area contributed by atoms with Gasteiger partial charge in [-0.2, -0.15) is 0 Å². The fourth-order valence-electron chi connectivity index (χ4n) is 3.42. The van der Waals surface area contributed by atoms with Crippen molar-refractivity contribution in [3.8, 4) is 0 Å². The Morgan fingerprint density at radius 2 is 1.68 bits per heavy atom. The number of benzene rings is 1. The van der Waals surface area contributed by atoms with Crippen LogP contribution in [0.3, 0.4) is 0 Å². The van der Waals surface area contributed by atoms with E-state index < -0.39 is 0 Å². The topological polar surface area (TPSA) is 38.4 Å². The molecule has 0 aliphatic heterocycles. The van der Waals surface area contributed by atoms with Crippen molar-refractivity contribution in [1.29, 1.82) is 0 Å². The summed E-state index contributed by atoms with van der Waals surface area (Å²) >= 11 is 0. The molecule has 0 saturated heterocycles. The highest BCUT2D eigenvalue weighted by atomic mass is 14.8. The van der Waals surface area contributed by atoms with Gasteiger partial charge in [0.15, 0.2) is 0 Å². The number of hydrogen-bond donors (Lipinski definition) is 1. The molecule has 0 atom stereocenters. The first-order valence-electron chi connectivity index (χ1n) is 8.91. The summed E-state index contributed by atoms with van der Waals surface area (Å²) in [6, 6.07) is 9.09. The van der Waals surface area contributed by atoms with Crippen LogP contribution in [0.4, 0.5) is 0 Å². The third-order valence-electron chi connectivity index (χ3n) is 4.57. The van der Waals surface area contributed by atoms with Crippen LogP contribution in [0.15, 0.2) is 29.3 Å². The van der Waals surface area contributed by atoms with E-state index in [-0.39, 0.29) is 0 Å². The Balaban J connectivity index is 2.54. The average molecular weight is 303 g/mol. The van der Waals surface area contributed by atoms with Gasteiger partial charge in [-0.05, 0) is 55.1 Å². The zero-order valence-corrected chi connectivity index (χ0v) is 14.8. The molecule has 2 N–H and O–H groups in total. The number of hydrogen-bond acceptors (Lipinski definition) is 1. The molecule has 0 aliphatic carbocycles. The van der Waals surface area contributed by atoms with Gasteiger partial charge in [0.25, 0.3) is 0 Å². The van der Waals surface area contributed by atoms with Gasteiger partial charge in [-0.3, -0.25) is 4.99 Å². The van der Waals surface area contributed by atoms with Gasteiger partial charge in [-0.1, -0.05) is 57.9 Å². The van der Waals surface area contributed by atoms with Crippen molar-refractivity contribution in [1.82, 2.24) is 0 Å². The Morgan fingerprint density at radius 1 is 1.05 bits per heavy atom. The van der Waals surface area contributed by atoms with Gasteiger partial charge in [0, 0.05) is 6.54 Å². The Kier molecular flexibility index (Phi) is 8.88. The summed E-state index contributed by atoms with van der Waals surface area (Å²) in [4.78, 5) is 4.07. The highest BCUT2D eigenvalue weighted by Crippen LogP contribution is 2.34. The lowest BCUT2D eigenvalue weighted by Gasteiger charge is -2.29. The van der Waals surface area contributed by atoms with Crippen molar-refractivity contribution in [3.05, 3.63) is 35.4 Å². The van der Waals surface area contributed by atoms with Gasteiger partial charge in [-0.15, -0.1) is 0 Å². The third-order valence-corrected chi connectivity index (χ3v) is 4.57. The van der Waals surface area contributed by atoms with Gasteiger partial charge in [0.05, 0.1) is 6.34 Å². The molecule has 0 saturated carbocycles. The quantitative estimate of drug-likeness (QED) is 0.343. The number of nitrogens with two attached hydrogens (primary N) is 1. The minimum Gasteiger partial charge on any atom is -0.390 e. The SMILES string of the molecule is CCCC(C)(CCC)CCc1cccc(CCCN=CN)c1. The number of nitrogens with zero attached hydrogens (tertiary/aromatic N) is 1. The second-order valence-electron chi connectivity index (χ2n) is 6.79. The van der Waals surface area contributed by atoms with E-state index in [9.17, 15) is 0 Å². The number of rotatable bonds is 11. The monoisotopic (exact) mass is 302 g/mol. The van der Waals surface area contributed by atoms with Crippen LogP contribution in [0.5, 0.6) is 0 Å². The molecule has 0 fully saturated rings. The van der Waals surface area contributed by atoms with Crippen molar-refractivity contribution in [2.75, 3.05) is 6.54 Å². The Morgan fingerprint density at radius 3 is 2.27 bits per heavy atom. The zero-order chi connectivity index (χ0) is 16.3. The van der Waals surface area contributed by atoms with Crippen LogP contribution < -0.4 is 5.73 Å². The molecule has 0 bridgehead atoms. The number of aryl methyl sites for hydroxylation is 2. The lowest BCUT2D eigenvalue weighted by atomic mass is 9.77. The van der Waals surface area contributed by atoms with Gasteiger partial charge in [0.1, 0.15) is 0 Å². The maximum absolute atomic E-state index is 5.27. The van der Waals surface area contributed by atoms with Gasteiger partial charge < -0.3 is 5.73 Å². The van der Waals surface area contributed by atoms with E-state index in [0.717, 1.165) is 19.4 Å². The van der Waals surface area contributed by atoms with Crippen LogP contribution in [-0.2, 0) is 12.8 Å². The van der Waals surface area contributed by atoms with E-state index in [1.54, 1.807) is 0 Å². The van der Waals surface area contributed by atoms with E-state index in [1.165, 1.54) is 56.0 Å². The second kappa shape index (κ2) is 10.4. The van der Waals surface area contributed by atoms with Crippen molar-refractivity contribution in [2.45, 2.75) is 72.1 Å². The predicted octanol–water partition coefficient (Wildman–Crippen LogP) is 5.15. The molecule has 2 heteroatoms. The van der Waals surface area contributed by atoms with Crippen LogP contribution in [0.2, 0.25) is 0 Å². The second-order valence-corrected chi connectivity index (χ2v) is 6.79. The van der Waals surface area contributed by atoms with Crippen LogP contribution in [0.25, 0.3) is 0 Å². The first-order chi connectivity index (χ1) is 10.6. The first kappa shape index (κ1) is 18.7. The molecular formula is C20H34N2. The molecule has 2 nitrogen and oxygen atoms in total. The molecule has 0 amide bonds. The maximum Gasteiger partial charge on any atom is 0.0797 e. The van der Waals surface area contributed by atoms with E-state index >= 15 is 0 Å². The van der Waals surface area contributed by atoms with Crippen molar-refractivity contribution in [2.24, 2.45) is 16.1 Å². The molecule has 22 heavy (non-hydrogen) atoms. The van der Waals surface area contributed by atoms with E-state index in [0.29, 0.717) is 5.41 Å². The summed E-state index contributed by atoms with van der Waals surface area (Å²) in [6.07, 6.45) is 11.3. The molecule has 1 aromatic carbocycles. The number of aliphatic imine (C=N–C) groups is 1. The third kappa shape index (κ3) is 7.11. The van der Waals surface area contributed by atoms with Crippen molar-refractivity contribution < 1.29 is 0 Å². The summed E-state index contributed by atoms with van der Waals surface area (Å²) in [5.74, 6) is 0. The van der Waals surface area contributed by atoms with Gasteiger partial charge in [-0.25, -0.2) is 0 Å². The Hall–Kier alpha value is -1.31. The molecule has 0 aromatic heterocycles. The summed E-state index contributed by atoms with van der Waals surface area (Å²) in [5, 5.41) is 0. The molecule has 1 aromatic rings. The Labute approximate surface area is 137 Å². The molecular weight excluding hydrogens is 268 g/mol.